The van der Waals surface area contributed by atoms with Gasteiger partial charge in [-0.25, -0.2) is 0 Å². The van der Waals surface area contributed by atoms with Crippen LogP contribution < -0.4 is 0 Å². The molecule has 0 amide bonds. The molecule has 0 saturated heterocycles. The minimum Gasteiger partial charge on any atom is -0.337 e. The Morgan fingerprint density at radius 1 is 1.03 bits per heavy atom. The Balaban J connectivity index is 2.02. The fraction of sp³-hybridized carbons (Fsp3) is 0.419. The van der Waals surface area contributed by atoms with Crippen molar-refractivity contribution in [2.24, 2.45) is 5.92 Å². The molecule has 1 aliphatic carbocycles. The van der Waals surface area contributed by atoms with E-state index in [9.17, 15) is 0 Å². The summed E-state index contributed by atoms with van der Waals surface area (Å²) in [5, 5.41) is 2.78. The van der Waals surface area contributed by atoms with Gasteiger partial charge in [-0.3, -0.25) is 0 Å². The number of benzene rings is 2. The quantitative estimate of drug-likeness (QED) is 0.370. The van der Waals surface area contributed by atoms with Crippen LogP contribution in [0.15, 0.2) is 59.7 Å². The number of aromatic nitrogens is 1. The highest BCUT2D eigenvalue weighted by atomic mass is 15.0. The van der Waals surface area contributed by atoms with Crippen LogP contribution in [-0.4, -0.2) is 4.57 Å². The van der Waals surface area contributed by atoms with Gasteiger partial charge in [0.05, 0.1) is 5.52 Å². The zero-order valence-electron chi connectivity index (χ0n) is 21.0. The van der Waals surface area contributed by atoms with Gasteiger partial charge in [0.2, 0.25) is 0 Å². The molecule has 1 aromatic heterocycles. The number of hydrogen-bond acceptors (Lipinski definition) is 0. The molecule has 32 heavy (non-hydrogen) atoms. The van der Waals surface area contributed by atoms with Crippen LogP contribution in [0.2, 0.25) is 0 Å². The summed E-state index contributed by atoms with van der Waals surface area (Å²) in [6.45, 7) is 16.1. The standard InChI is InChI=1S/C31H39N/c1-8-21(5)18-24(9-2)27-14-11-15-28-29-19-25(26-13-10-12-22(6)23(26)7)16-17-30(29)32(20(3)4)31(27)28/h11-12,14-21H,8-10,13H2,1-7H3/b24-18+. The van der Waals surface area contributed by atoms with E-state index in [1.807, 2.05) is 0 Å². The third kappa shape index (κ3) is 3.87. The number of para-hydroxylation sites is 1. The topological polar surface area (TPSA) is 4.93 Å². The summed E-state index contributed by atoms with van der Waals surface area (Å²) in [6, 6.07) is 14.5. The minimum absolute atomic E-state index is 0.407. The largest absolute Gasteiger partial charge is 0.337 e. The molecule has 1 heterocycles. The molecular formula is C31H39N. The highest BCUT2D eigenvalue weighted by Gasteiger charge is 2.19. The van der Waals surface area contributed by atoms with E-state index in [0.717, 1.165) is 19.3 Å². The summed E-state index contributed by atoms with van der Waals surface area (Å²) in [6.07, 6.45) is 9.40. The van der Waals surface area contributed by atoms with Gasteiger partial charge < -0.3 is 4.57 Å². The molecule has 1 unspecified atom stereocenters. The summed E-state index contributed by atoms with van der Waals surface area (Å²) in [5.74, 6) is 0.598. The first-order valence-electron chi connectivity index (χ1n) is 12.5. The third-order valence-corrected chi connectivity index (χ3v) is 7.43. The Labute approximate surface area is 194 Å². The van der Waals surface area contributed by atoms with Crippen molar-refractivity contribution in [3.63, 3.8) is 0 Å². The predicted molar refractivity (Wildman–Crippen MR) is 143 cm³/mol. The molecule has 168 valence electrons. The lowest BCUT2D eigenvalue weighted by Crippen LogP contribution is -2.03. The SMILES string of the molecule is CC/C(=C\C(C)CC)c1cccc2c3cc(C4=C(C)C(C)=CCC4)ccc3n(C(C)C)c12. The first-order valence-corrected chi connectivity index (χ1v) is 12.5. The molecule has 0 N–H and O–H groups in total. The van der Waals surface area contributed by atoms with Crippen molar-refractivity contribution in [2.75, 3.05) is 0 Å². The highest BCUT2D eigenvalue weighted by molar-refractivity contribution is 6.12. The molecule has 0 spiro atoms. The normalized spacial score (nSPS) is 16.4. The molecule has 4 rings (SSSR count). The molecule has 1 atom stereocenters. The smallest absolute Gasteiger partial charge is 0.0570 e. The van der Waals surface area contributed by atoms with E-state index >= 15 is 0 Å². The number of rotatable bonds is 6. The second kappa shape index (κ2) is 9.14. The molecule has 1 nitrogen and oxygen atoms in total. The van der Waals surface area contributed by atoms with Crippen molar-refractivity contribution in [2.45, 2.75) is 80.2 Å². The maximum Gasteiger partial charge on any atom is 0.0570 e. The predicted octanol–water partition coefficient (Wildman–Crippen LogP) is 9.73. The number of hydrogen-bond donors (Lipinski definition) is 0. The van der Waals surface area contributed by atoms with Crippen molar-refractivity contribution < 1.29 is 0 Å². The molecule has 3 aromatic rings. The van der Waals surface area contributed by atoms with Crippen LogP contribution >= 0.6 is 0 Å². The van der Waals surface area contributed by atoms with Gasteiger partial charge in [-0.15, -0.1) is 0 Å². The summed E-state index contributed by atoms with van der Waals surface area (Å²) in [7, 11) is 0. The van der Waals surface area contributed by atoms with Gasteiger partial charge in [-0.05, 0) is 87.3 Å². The lowest BCUT2D eigenvalue weighted by Gasteiger charge is -2.18. The highest BCUT2D eigenvalue weighted by Crippen LogP contribution is 2.40. The lowest BCUT2D eigenvalue weighted by atomic mass is 9.88. The zero-order chi connectivity index (χ0) is 23.0. The van der Waals surface area contributed by atoms with Crippen molar-refractivity contribution in [3.05, 3.63) is 70.8 Å². The van der Waals surface area contributed by atoms with Crippen LogP contribution in [0.5, 0.6) is 0 Å². The van der Waals surface area contributed by atoms with Crippen molar-refractivity contribution >= 4 is 33.0 Å². The molecule has 1 heteroatoms. The van der Waals surface area contributed by atoms with E-state index in [2.05, 4.69) is 102 Å². The van der Waals surface area contributed by atoms with Crippen LogP contribution in [0.4, 0.5) is 0 Å². The van der Waals surface area contributed by atoms with Gasteiger partial charge in [0.25, 0.3) is 0 Å². The third-order valence-electron chi connectivity index (χ3n) is 7.43. The monoisotopic (exact) mass is 425 g/mol. The van der Waals surface area contributed by atoms with E-state index in [1.54, 1.807) is 0 Å². The van der Waals surface area contributed by atoms with Crippen LogP contribution in [0.1, 0.15) is 91.3 Å². The maximum absolute atomic E-state index is 2.57. The van der Waals surface area contributed by atoms with Gasteiger partial charge in [-0.1, -0.05) is 69.2 Å². The first kappa shape index (κ1) is 22.6. The summed E-state index contributed by atoms with van der Waals surface area (Å²) in [4.78, 5) is 0. The maximum atomic E-state index is 2.57. The van der Waals surface area contributed by atoms with Gasteiger partial charge in [0.15, 0.2) is 0 Å². The Hall–Kier alpha value is -2.54. The summed E-state index contributed by atoms with van der Waals surface area (Å²) in [5.41, 5.74) is 11.4. The number of nitrogens with zero attached hydrogens (tertiary/aromatic N) is 1. The molecule has 1 aliphatic rings. The number of allylic oxidation sites excluding steroid dienone is 6. The molecule has 0 aliphatic heterocycles. The second-order valence-corrected chi connectivity index (χ2v) is 9.86. The van der Waals surface area contributed by atoms with Crippen LogP contribution in [0.25, 0.3) is 33.0 Å². The molecular weight excluding hydrogens is 386 g/mol. The Morgan fingerprint density at radius 2 is 1.81 bits per heavy atom. The number of fused-ring (bicyclic) bond motifs is 3. The molecule has 0 saturated carbocycles. The van der Waals surface area contributed by atoms with E-state index in [1.165, 1.54) is 61.6 Å². The summed E-state index contributed by atoms with van der Waals surface area (Å²) >= 11 is 0. The van der Waals surface area contributed by atoms with E-state index in [-0.39, 0.29) is 0 Å². The Morgan fingerprint density at radius 3 is 2.50 bits per heavy atom. The average Bonchev–Trinajstić information content (AvgIpc) is 3.13. The van der Waals surface area contributed by atoms with Crippen molar-refractivity contribution in [3.8, 4) is 0 Å². The van der Waals surface area contributed by atoms with E-state index in [0.29, 0.717) is 12.0 Å². The van der Waals surface area contributed by atoms with Gasteiger partial charge in [-0.2, -0.15) is 0 Å². The minimum atomic E-state index is 0.407. The van der Waals surface area contributed by atoms with E-state index in [4.69, 9.17) is 0 Å². The first-order chi connectivity index (χ1) is 15.4. The van der Waals surface area contributed by atoms with Gasteiger partial charge in [0.1, 0.15) is 0 Å². The average molecular weight is 426 g/mol. The van der Waals surface area contributed by atoms with Crippen LogP contribution in [-0.2, 0) is 0 Å². The molecule has 2 aromatic carbocycles. The van der Waals surface area contributed by atoms with Crippen molar-refractivity contribution in [1.29, 1.82) is 0 Å². The van der Waals surface area contributed by atoms with Gasteiger partial charge in [0, 0.05) is 27.9 Å². The zero-order valence-corrected chi connectivity index (χ0v) is 21.0. The van der Waals surface area contributed by atoms with Gasteiger partial charge >= 0.3 is 0 Å². The Bertz CT molecular complexity index is 1240. The van der Waals surface area contributed by atoms with Crippen molar-refractivity contribution in [1.82, 2.24) is 4.57 Å². The Kier molecular flexibility index (Phi) is 6.47. The van der Waals surface area contributed by atoms with Crippen LogP contribution in [0.3, 0.4) is 0 Å². The van der Waals surface area contributed by atoms with Crippen LogP contribution in [0, 0.1) is 5.92 Å². The fourth-order valence-corrected chi connectivity index (χ4v) is 5.32. The molecule has 0 bridgehead atoms. The second-order valence-electron chi connectivity index (χ2n) is 9.86. The molecule has 0 radical (unpaired) electrons. The lowest BCUT2D eigenvalue weighted by molar-refractivity contribution is 0.641. The van der Waals surface area contributed by atoms with E-state index < -0.39 is 0 Å². The fourth-order valence-electron chi connectivity index (χ4n) is 5.32. The molecule has 0 fully saturated rings. The summed E-state index contributed by atoms with van der Waals surface area (Å²) < 4.78 is 2.57.